The van der Waals surface area contributed by atoms with Gasteiger partial charge in [0.2, 0.25) is 0 Å². The second-order valence-electron chi connectivity index (χ2n) is 7.11. The molecule has 4 rings (SSSR count). The minimum Gasteiger partial charge on any atom is -0.348 e. The number of rotatable bonds is 7. The van der Waals surface area contributed by atoms with E-state index >= 15 is 0 Å². The van der Waals surface area contributed by atoms with Gasteiger partial charge in [-0.15, -0.1) is 0 Å². The van der Waals surface area contributed by atoms with E-state index in [9.17, 15) is 4.79 Å². The number of pyridine rings is 1. The van der Waals surface area contributed by atoms with Gasteiger partial charge in [0.05, 0.1) is 0 Å². The van der Waals surface area contributed by atoms with E-state index in [1.54, 1.807) is 42.3 Å². The summed E-state index contributed by atoms with van der Waals surface area (Å²) in [5.74, 6) is 1.37. The molecule has 8 heteroatoms. The molecular formula is C22H22N6O2. The molecule has 0 spiro atoms. The average Bonchev–Trinajstić information content (AvgIpc) is 3.43. The summed E-state index contributed by atoms with van der Waals surface area (Å²) in [5, 5.41) is 6.81. The van der Waals surface area contributed by atoms with E-state index in [1.807, 2.05) is 25.1 Å². The molecule has 0 aliphatic carbocycles. The fraction of sp³-hybridized carbons (Fsp3) is 0.227. The number of carbonyl (C=O) groups is 1. The van der Waals surface area contributed by atoms with Crippen molar-refractivity contribution in [3.63, 3.8) is 0 Å². The van der Waals surface area contributed by atoms with E-state index in [-0.39, 0.29) is 11.9 Å². The molecule has 0 saturated heterocycles. The van der Waals surface area contributed by atoms with Crippen molar-refractivity contribution in [3.8, 4) is 17.3 Å². The van der Waals surface area contributed by atoms with Crippen LogP contribution in [-0.4, -0.2) is 36.6 Å². The van der Waals surface area contributed by atoms with Gasteiger partial charge in [0.15, 0.2) is 5.82 Å². The van der Waals surface area contributed by atoms with Crippen LogP contribution >= 0.6 is 0 Å². The lowest BCUT2D eigenvalue weighted by atomic mass is 10.1. The Morgan fingerprint density at radius 3 is 2.80 bits per heavy atom. The monoisotopic (exact) mass is 402 g/mol. The van der Waals surface area contributed by atoms with Crippen LogP contribution in [0.4, 0.5) is 0 Å². The van der Waals surface area contributed by atoms with E-state index in [1.165, 1.54) is 5.56 Å². The van der Waals surface area contributed by atoms with Crippen LogP contribution in [0.3, 0.4) is 0 Å². The minimum absolute atomic E-state index is 0.0325. The second-order valence-corrected chi connectivity index (χ2v) is 7.11. The maximum atomic E-state index is 12.6. The summed E-state index contributed by atoms with van der Waals surface area (Å²) in [7, 11) is 0. The van der Waals surface area contributed by atoms with Gasteiger partial charge in [-0.3, -0.25) is 9.36 Å². The van der Waals surface area contributed by atoms with Crippen LogP contribution in [0.25, 0.3) is 17.3 Å². The first-order valence-corrected chi connectivity index (χ1v) is 9.74. The highest BCUT2D eigenvalue weighted by Crippen LogP contribution is 2.19. The zero-order valence-electron chi connectivity index (χ0n) is 16.8. The van der Waals surface area contributed by atoms with E-state index in [4.69, 9.17) is 4.52 Å². The molecule has 0 aliphatic rings. The van der Waals surface area contributed by atoms with Crippen molar-refractivity contribution < 1.29 is 9.32 Å². The van der Waals surface area contributed by atoms with Crippen molar-refractivity contribution >= 4 is 5.91 Å². The number of amides is 1. The second kappa shape index (κ2) is 8.69. The topological polar surface area (TPSA) is 98.7 Å². The first kappa shape index (κ1) is 19.5. The maximum Gasteiger partial charge on any atom is 0.271 e. The molecule has 1 atom stereocenters. The Morgan fingerprint density at radius 2 is 2.03 bits per heavy atom. The molecule has 0 unspecified atom stereocenters. The molecule has 0 aliphatic heterocycles. The van der Waals surface area contributed by atoms with Gasteiger partial charge in [-0.05, 0) is 44.4 Å². The summed E-state index contributed by atoms with van der Waals surface area (Å²) < 4.78 is 6.90. The highest BCUT2D eigenvalue weighted by atomic mass is 16.5. The molecular weight excluding hydrogens is 380 g/mol. The highest BCUT2D eigenvalue weighted by molar-refractivity contribution is 5.92. The molecule has 0 saturated carbocycles. The smallest absolute Gasteiger partial charge is 0.271 e. The lowest BCUT2D eigenvalue weighted by molar-refractivity contribution is 0.0934. The first-order chi connectivity index (χ1) is 14.6. The number of imidazole rings is 1. The van der Waals surface area contributed by atoms with Gasteiger partial charge >= 0.3 is 0 Å². The molecule has 1 aromatic carbocycles. The number of hydrogen-bond acceptors (Lipinski definition) is 6. The number of aromatic nitrogens is 5. The Hall–Kier alpha value is -3.81. The van der Waals surface area contributed by atoms with Crippen LogP contribution in [0, 0.1) is 6.92 Å². The standard InChI is InChI=1S/C22H22N6O2/c1-15(8-9-17-6-4-3-5-7-17)25-21(29)19-13-28(14-24-19)20-12-18(10-11-23-20)22-26-16(2)27-30-22/h3-7,10-15H,8-9H2,1-2H3,(H,25,29)/t15-/m1/s1. The fourth-order valence-corrected chi connectivity index (χ4v) is 3.07. The predicted molar refractivity (Wildman–Crippen MR) is 111 cm³/mol. The number of nitrogens with one attached hydrogen (secondary N) is 1. The van der Waals surface area contributed by atoms with Crippen LogP contribution in [0.5, 0.6) is 0 Å². The van der Waals surface area contributed by atoms with Gasteiger partial charge in [-0.25, -0.2) is 9.97 Å². The maximum absolute atomic E-state index is 12.6. The zero-order valence-corrected chi connectivity index (χ0v) is 16.8. The van der Waals surface area contributed by atoms with Gasteiger partial charge in [0.25, 0.3) is 11.8 Å². The summed E-state index contributed by atoms with van der Waals surface area (Å²) in [6.07, 6.45) is 6.63. The summed E-state index contributed by atoms with van der Waals surface area (Å²) in [4.78, 5) is 25.4. The molecule has 152 valence electrons. The lowest BCUT2D eigenvalue weighted by Gasteiger charge is -2.12. The summed E-state index contributed by atoms with van der Waals surface area (Å²) in [6, 6.07) is 13.8. The van der Waals surface area contributed by atoms with Crippen LogP contribution in [-0.2, 0) is 6.42 Å². The van der Waals surface area contributed by atoms with Crippen molar-refractivity contribution in [3.05, 3.63) is 78.3 Å². The Balaban J connectivity index is 1.40. The fourth-order valence-electron chi connectivity index (χ4n) is 3.07. The lowest BCUT2D eigenvalue weighted by Crippen LogP contribution is -2.33. The number of nitrogens with zero attached hydrogens (tertiary/aromatic N) is 5. The molecule has 3 heterocycles. The minimum atomic E-state index is -0.210. The average molecular weight is 402 g/mol. The van der Waals surface area contributed by atoms with Crippen LogP contribution in [0.1, 0.15) is 35.2 Å². The molecule has 0 fully saturated rings. The van der Waals surface area contributed by atoms with Gasteiger partial charge < -0.3 is 9.84 Å². The Morgan fingerprint density at radius 1 is 1.20 bits per heavy atom. The van der Waals surface area contributed by atoms with Gasteiger partial charge in [-0.1, -0.05) is 35.5 Å². The number of benzene rings is 1. The third kappa shape index (κ3) is 4.60. The zero-order chi connectivity index (χ0) is 20.9. The number of hydrogen-bond donors (Lipinski definition) is 1. The summed E-state index contributed by atoms with van der Waals surface area (Å²) in [6.45, 7) is 3.76. The molecule has 30 heavy (non-hydrogen) atoms. The van der Waals surface area contributed by atoms with E-state index in [0.29, 0.717) is 23.2 Å². The molecule has 1 amide bonds. The third-order valence-corrected chi connectivity index (χ3v) is 4.69. The van der Waals surface area contributed by atoms with E-state index in [2.05, 4.69) is 37.6 Å². The Kier molecular flexibility index (Phi) is 5.65. The summed E-state index contributed by atoms with van der Waals surface area (Å²) in [5.41, 5.74) is 2.34. The molecule has 0 radical (unpaired) electrons. The van der Waals surface area contributed by atoms with Crippen molar-refractivity contribution in [1.82, 2.24) is 30.0 Å². The molecule has 0 bridgehead atoms. The first-order valence-electron chi connectivity index (χ1n) is 9.74. The van der Waals surface area contributed by atoms with Crippen molar-refractivity contribution in [1.29, 1.82) is 0 Å². The van der Waals surface area contributed by atoms with Gasteiger partial charge in [0, 0.05) is 24.0 Å². The molecule has 3 aromatic heterocycles. The predicted octanol–water partition coefficient (Wildman–Crippen LogP) is 3.38. The van der Waals surface area contributed by atoms with Gasteiger partial charge in [0.1, 0.15) is 17.8 Å². The van der Waals surface area contributed by atoms with E-state index in [0.717, 1.165) is 18.4 Å². The quantitative estimate of drug-likeness (QED) is 0.509. The number of carbonyl (C=O) groups excluding carboxylic acids is 1. The van der Waals surface area contributed by atoms with Gasteiger partial charge in [-0.2, -0.15) is 4.98 Å². The number of aryl methyl sites for hydroxylation is 2. The Bertz CT molecular complexity index is 1140. The summed E-state index contributed by atoms with van der Waals surface area (Å²) >= 11 is 0. The van der Waals surface area contributed by atoms with Crippen LogP contribution in [0.15, 0.2) is 65.7 Å². The van der Waals surface area contributed by atoms with Crippen LogP contribution < -0.4 is 5.32 Å². The third-order valence-electron chi connectivity index (χ3n) is 4.69. The van der Waals surface area contributed by atoms with Crippen molar-refractivity contribution in [2.75, 3.05) is 0 Å². The normalized spacial score (nSPS) is 11.9. The van der Waals surface area contributed by atoms with Crippen LogP contribution in [0.2, 0.25) is 0 Å². The molecule has 8 nitrogen and oxygen atoms in total. The van der Waals surface area contributed by atoms with Crippen molar-refractivity contribution in [2.24, 2.45) is 0 Å². The Labute approximate surface area is 174 Å². The molecule has 4 aromatic rings. The van der Waals surface area contributed by atoms with Crippen molar-refractivity contribution in [2.45, 2.75) is 32.7 Å². The molecule has 1 N–H and O–H groups in total. The highest BCUT2D eigenvalue weighted by Gasteiger charge is 2.14. The SMILES string of the molecule is Cc1noc(-c2ccnc(-n3cnc(C(=O)N[C@H](C)CCc4ccccc4)c3)c2)n1. The van der Waals surface area contributed by atoms with E-state index < -0.39 is 0 Å². The largest absolute Gasteiger partial charge is 0.348 e.